The van der Waals surface area contributed by atoms with Gasteiger partial charge in [0.05, 0.1) is 5.02 Å². The van der Waals surface area contributed by atoms with E-state index in [1.165, 1.54) is 29.8 Å². The van der Waals surface area contributed by atoms with E-state index < -0.39 is 15.3 Å². The molecule has 0 amide bonds. The van der Waals surface area contributed by atoms with Crippen molar-refractivity contribution >= 4 is 27.4 Å². The van der Waals surface area contributed by atoms with Crippen LogP contribution in [-0.2, 0) is 14.8 Å². The number of nitrogens with zero attached hydrogens (tertiary/aromatic N) is 4. The number of Topliss-reactive ketones (excluding diaryl/α,β-unsaturated/α-hetero) is 1. The minimum absolute atomic E-state index is 0.0660. The summed E-state index contributed by atoms with van der Waals surface area (Å²) in [7, 11) is -3.71. The van der Waals surface area contributed by atoms with Crippen LogP contribution in [0.1, 0.15) is 43.7 Å². The van der Waals surface area contributed by atoms with Crippen LogP contribution in [0.4, 0.5) is 0 Å². The van der Waals surface area contributed by atoms with Crippen molar-refractivity contribution in [2.24, 2.45) is 0 Å². The Morgan fingerprint density at radius 3 is 2.52 bits per heavy atom. The number of aromatic nitrogens is 3. The van der Waals surface area contributed by atoms with Gasteiger partial charge in [0.15, 0.2) is 0 Å². The van der Waals surface area contributed by atoms with Crippen molar-refractivity contribution in [1.29, 1.82) is 0 Å². The fourth-order valence-corrected chi connectivity index (χ4v) is 5.20. The average molecular weight is 439 g/mol. The van der Waals surface area contributed by atoms with Gasteiger partial charge in [0.25, 0.3) is 0 Å². The van der Waals surface area contributed by atoms with Gasteiger partial charge in [-0.2, -0.15) is 0 Å². The Bertz CT molecular complexity index is 917. The second-order valence-corrected chi connectivity index (χ2v) is 9.46. The number of piperidine rings is 1. The summed E-state index contributed by atoms with van der Waals surface area (Å²) in [4.78, 5) is 23.8. The summed E-state index contributed by atoms with van der Waals surface area (Å²) < 4.78 is 33.8. The van der Waals surface area contributed by atoms with Gasteiger partial charge in [-0.3, -0.25) is 0 Å². The molecule has 29 heavy (non-hydrogen) atoms. The van der Waals surface area contributed by atoms with Crippen LogP contribution in [0.15, 0.2) is 36.8 Å². The van der Waals surface area contributed by atoms with Gasteiger partial charge >= 0.3 is 0 Å². The molecule has 1 unspecified atom stereocenters. The number of hydrogen-bond acceptors (Lipinski definition) is 7. The highest BCUT2D eigenvalue weighted by atomic mass is 35.5. The lowest BCUT2D eigenvalue weighted by molar-refractivity contribution is -0.117. The predicted molar refractivity (Wildman–Crippen MR) is 108 cm³/mol. The van der Waals surface area contributed by atoms with Crippen molar-refractivity contribution in [2.75, 3.05) is 13.1 Å². The maximum atomic E-state index is 13.3. The van der Waals surface area contributed by atoms with Gasteiger partial charge in [-0.25, -0.2) is 27.7 Å². The molecular weight excluding hydrogens is 416 g/mol. The van der Waals surface area contributed by atoms with E-state index in [-0.39, 0.29) is 30.6 Å². The summed E-state index contributed by atoms with van der Waals surface area (Å²) in [5, 5.41) is -0.416. The van der Waals surface area contributed by atoms with E-state index in [2.05, 4.69) is 15.0 Å². The quantitative estimate of drug-likeness (QED) is 0.624. The van der Waals surface area contributed by atoms with E-state index in [0.717, 1.165) is 0 Å². The molecule has 0 bridgehead atoms. The van der Waals surface area contributed by atoms with E-state index >= 15 is 0 Å². The molecule has 3 rings (SSSR count). The first kappa shape index (κ1) is 21.6. The summed E-state index contributed by atoms with van der Waals surface area (Å²) in [6.45, 7) is 2.09. The lowest BCUT2D eigenvalue weighted by Crippen LogP contribution is -2.44. The lowest BCUT2D eigenvalue weighted by atomic mass is 10.1. The van der Waals surface area contributed by atoms with E-state index in [4.69, 9.17) is 16.3 Å². The van der Waals surface area contributed by atoms with Crippen LogP contribution < -0.4 is 4.74 Å². The van der Waals surface area contributed by atoms with Crippen molar-refractivity contribution in [3.05, 3.63) is 47.6 Å². The zero-order valence-electron chi connectivity index (χ0n) is 16.1. The van der Waals surface area contributed by atoms with Crippen molar-refractivity contribution < 1.29 is 17.9 Å². The maximum absolute atomic E-state index is 13.3. The molecule has 1 aliphatic heterocycles. The van der Waals surface area contributed by atoms with E-state index in [9.17, 15) is 13.2 Å². The fraction of sp³-hybridized carbons (Fsp3) is 0.474. The van der Waals surface area contributed by atoms with Gasteiger partial charge in [-0.15, -0.1) is 0 Å². The summed E-state index contributed by atoms with van der Waals surface area (Å²) in [6, 6.07) is 5.02. The smallest absolute Gasteiger partial charge is 0.224 e. The molecule has 0 saturated carbocycles. The number of sulfonamides is 1. The van der Waals surface area contributed by atoms with Crippen LogP contribution in [0.3, 0.4) is 0 Å². The highest BCUT2D eigenvalue weighted by Crippen LogP contribution is 2.30. The lowest BCUT2D eigenvalue weighted by Gasteiger charge is -2.33. The van der Waals surface area contributed by atoms with Crippen LogP contribution in [0.5, 0.6) is 5.88 Å². The molecule has 0 aliphatic carbocycles. The summed E-state index contributed by atoms with van der Waals surface area (Å²) in [5.41, 5.74) is 0. The number of pyridine rings is 1. The van der Waals surface area contributed by atoms with E-state index in [1.54, 1.807) is 18.2 Å². The first-order valence-electron chi connectivity index (χ1n) is 9.40. The van der Waals surface area contributed by atoms with Crippen LogP contribution in [0.2, 0.25) is 5.02 Å². The Kier molecular flexibility index (Phi) is 7.15. The van der Waals surface area contributed by atoms with Gasteiger partial charge < -0.3 is 9.53 Å². The minimum Gasteiger partial charge on any atom is -0.474 e. The van der Waals surface area contributed by atoms with Crippen LogP contribution in [0.25, 0.3) is 0 Å². The van der Waals surface area contributed by atoms with Gasteiger partial charge in [0.1, 0.15) is 23.0 Å². The molecule has 1 atom stereocenters. The second kappa shape index (κ2) is 9.60. The van der Waals surface area contributed by atoms with Gasteiger partial charge in [-0.1, -0.05) is 11.6 Å². The highest BCUT2D eigenvalue weighted by Gasteiger charge is 2.37. The number of hydrogen-bond donors (Lipinski definition) is 0. The SMILES string of the molecule is CC(=O)CCC(c1ncccn1)S(=O)(=O)N1CCC(Oc2ccc(Cl)cn2)CC1. The highest BCUT2D eigenvalue weighted by molar-refractivity contribution is 7.89. The third-order valence-electron chi connectivity index (χ3n) is 4.74. The monoisotopic (exact) mass is 438 g/mol. The van der Waals surface area contributed by atoms with Crippen LogP contribution >= 0.6 is 11.6 Å². The standard InChI is InChI=1S/C19H23ClN4O4S/c1-14(25)3-5-17(19-21-9-2-10-22-19)29(26,27)24-11-7-16(8-12-24)28-18-6-4-15(20)13-23-18/h2,4,6,9-10,13,16-17H,3,5,7-8,11-12H2,1H3. The third-order valence-corrected chi connectivity index (χ3v) is 7.21. The maximum Gasteiger partial charge on any atom is 0.224 e. The number of carbonyl (C=O) groups excluding carboxylic acids is 1. The molecule has 2 aromatic rings. The average Bonchev–Trinajstić information content (AvgIpc) is 2.71. The topological polar surface area (TPSA) is 102 Å². The first-order chi connectivity index (χ1) is 13.9. The summed E-state index contributed by atoms with van der Waals surface area (Å²) in [5.74, 6) is 0.619. The molecule has 1 aliphatic rings. The molecule has 156 valence electrons. The number of ether oxygens (including phenoxy) is 1. The predicted octanol–water partition coefficient (Wildman–Crippen LogP) is 2.81. The fourth-order valence-electron chi connectivity index (χ4n) is 3.21. The Balaban J connectivity index is 1.67. The van der Waals surface area contributed by atoms with E-state index in [0.29, 0.717) is 36.8 Å². The summed E-state index contributed by atoms with van der Waals surface area (Å²) >= 11 is 5.83. The summed E-state index contributed by atoms with van der Waals surface area (Å²) in [6.07, 6.45) is 5.80. The molecule has 0 N–H and O–H groups in total. The minimum atomic E-state index is -3.71. The Hall–Kier alpha value is -2.10. The largest absolute Gasteiger partial charge is 0.474 e. The van der Waals surface area contributed by atoms with Gasteiger partial charge in [-0.05, 0) is 38.3 Å². The van der Waals surface area contributed by atoms with Crippen LogP contribution in [0, 0.1) is 0 Å². The Labute approximate surface area is 175 Å². The Morgan fingerprint density at radius 1 is 1.24 bits per heavy atom. The molecule has 1 fully saturated rings. The van der Waals surface area contributed by atoms with Crippen molar-refractivity contribution in [3.8, 4) is 5.88 Å². The first-order valence-corrected chi connectivity index (χ1v) is 11.3. The molecule has 8 nitrogen and oxygen atoms in total. The van der Waals surface area contributed by atoms with Crippen LogP contribution in [-0.4, -0.2) is 52.7 Å². The number of rotatable bonds is 8. The van der Waals surface area contributed by atoms with Crippen molar-refractivity contribution in [1.82, 2.24) is 19.3 Å². The number of halogens is 1. The van der Waals surface area contributed by atoms with E-state index in [1.807, 2.05) is 0 Å². The number of ketones is 1. The molecule has 0 spiro atoms. The van der Waals surface area contributed by atoms with Crippen molar-refractivity contribution in [3.63, 3.8) is 0 Å². The third kappa shape index (κ3) is 5.71. The molecule has 3 heterocycles. The number of carbonyl (C=O) groups is 1. The normalized spacial score (nSPS) is 17.0. The molecule has 10 heteroatoms. The molecule has 0 aromatic carbocycles. The van der Waals surface area contributed by atoms with Gasteiger partial charge in [0.2, 0.25) is 15.9 Å². The van der Waals surface area contributed by atoms with Crippen molar-refractivity contribution in [2.45, 2.75) is 44.0 Å². The molecule has 1 saturated heterocycles. The molecular formula is C19H23ClN4O4S. The second-order valence-electron chi connectivity index (χ2n) is 6.91. The molecule has 0 radical (unpaired) electrons. The Morgan fingerprint density at radius 2 is 1.93 bits per heavy atom. The zero-order chi connectivity index (χ0) is 20.9. The van der Waals surface area contributed by atoms with Gasteiger partial charge in [0, 0.05) is 44.2 Å². The zero-order valence-corrected chi connectivity index (χ0v) is 17.6. The molecule has 2 aromatic heterocycles.